The quantitative estimate of drug-likeness (QED) is 0.778. The van der Waals surface area contributed by atoms with Gasteiger partial charge in [0.1, 0.15) is 0 Å². The van der Waals surface area contributed by atoms with Gasteiger partial charge >= 0.3 is 5.97 Å². The summed E-state index contributed by atoms with van der Waals surface area (Å²) in [6, 6.07) is 0. The molecule has 2 aliphatic rings. The van der Waals surface area contributed by atoms with Gasteiger partial charge in [0, 0.05) is 10.7 Å². The van der Waals surface area contributed by atoms with Crippen molar-refractivity contribution in [1.82, 2.24) is 0 Å². The number of aliphatic carboxylic acids is 1. The number of hydrogen-bond donors (Lipinski definition) is 1. The fraction of sp³-hybridized carbons (Fsp3) is 0.727. The first kappa shape index (κ1) is 10.1. The fourth-order valence-electron chi connectivity index (χ4n) is 2.21. The zero-order chi connectivity index (χ0) is 10.2. The highest BCUT2D eigenvalue weighted by molar-refractivity contribution is 8.03. The number of rotatable bonds is 4. The second-order valence-electron chi connectivity index (χ2n) is 4.53. The van der Waals surface area contributed by atoms with Crippen LogP contribution in [0.3, 0.4) is 0 Å². The summed E-state index contributed by atoms with van der Waals surface area (Å²) in [6.45, 7) is 2.15. The molecule has 2 rings (SSSR count). The third-order valence-electron chi connectivity index (χ3n) is 3.34. The predicted octanol–water partition coefficient (Wildman–Crippen LogP) is 2.90. The molecule has 14 heavy (non-hydrogen) atoms. The van der Waals surface area contributed by atoms with Crippen molar-refractivity contribution in [3.63, 3.8) is 0 Å². The van der Waals surface area contributed by atoms with Crippen LogP contribution in [0.25, 0.3) is 0 Å². The average molecular weight is 212 g/mol. The molecule has 1 saturated carbocycles. The summed E-state index contributed by atoms with van der Waals surface area (Å²) in [6.07, 6.45) is 6.10. The number of hydrogen-bond acceptors (Lipinski definition) is 2. The highest BCUT2D eigenvalue weighted by atomic mass is 32.2. The number of carboxylic acids is 1. The van der Waals surface area contributed by atoms with E-state index in [1.807, 2.05) is 0 Å². The van der Waals surface area contributed by atoms with E-state index >= 15 is 0 Å². The van der Waals surface area contributed by atoms with E-state index in [9.17, 15) is 4.79 Å². The first-order chi connectivity index (χ1) is 6.62. The lowest BCUT2D eigenvalue weighted by molar-refractivity contribution is -0.139. The Labute approximate surface area is 88.8 Å². The summed E-state index contributed by atoms with van der Waals surface area (Å²) in [5, 5.41) is 11.5. The Morgan fingerprint density at radius 2 is 2.36 bits per heavy atom. The standard InChI is InChI=1S/C11H16O2S/c1-8-11(4-5-14-8,7-10(12)13)6-9-2-3-9/h4-5,8-9H,2-3,6-7H2,1H3,(H,12,13). The van der Waals surface area contributed by atoms with Gasteiger partial charge in [0.2, 0.25) is 0 Å². The van der Waals surface area contributed by atoms with Crippen LogP contribution in [-0.4, -0.2) is 16.3 Å². The van der Waals surface area contributed by atoms with E-state index < -0.39 is 5.97 Å². The van der Waals surface area contributed by atoms with Gasteiger partial charge in [0.05, 0.1) is 6.42 Å². The first-order valence-corrected chi connectivity index (χ1v) is 6.12. The van der Waals surface area contributed by atoms with Gasteiger partial charge in [-0.2, -0.15) is 0 Å². The van der Waals surface area contributed by atoms with Crippen molar-refractivity contribution < 1.29 is 9.90 Å². The van der Waals surface area contributed by atoms with Crippen LogP contribution >= 0.6 is 11.8 Å². The Morgan fingerprint density at radius 3 is 2.79 bits per heavy atom. The summed E-state index contributed by atoms with van der Waals surface area (Å²) >= 11 is 1.77. The summed E-state index contributed by atoms with van der Waals surface area (Å²) in [5.41, 5.74) is -0.0579. The molecule has 2 unspecified atom stereocenters. The van der Waals surface area contributed by atoms with Crippen molar-refractivity contribution in [1.29, 1.82) is 0 Å². The van der Waals surface area contributed by atoms with Crippen molar-refractivity contribution in [2.24, 2.45) is 11.3 Å². The number of carboxylic acid groups (broad SMARTS) is 1. The second-order valence-corrected chi connectivity index (χ2v) is 5.78. The highest BCUT2D eigenvalue weighted by Crippen LogP contribution is 2.51. The SMILES string of the molecule is CC1SC=CC1(CC(=O)O)CC1CC1. The van der Waals surface area contributed by atoms with Gasteiger partial charge in [-0.3, -0.25) is 4.79 Å². The molecule has 0 radical (unpaired) electrons. The van der Waals surface area contributed by atoms with E-state index in [-0.39, 0.29) is 5.41 Å². The normalized spacial score (nSPS) is 36.2. The maximum atomic E-state index is 10.9. The van der Waals surface area contributed by atoms with Crippen LogP contribution in [0, 0.1) is 11.3 Å². The lowest BCUT2D eigenvalue weighted by atomic mass is 9.77. The molecule has 0 aromatic carbocycles. The van der Waals surface area contributed by atoms with Gasteiger partial charge in [-0.25, -0.2) is 0 Å². The van der Waals surface area contributed by atoms with E-state index in [2.05, 4.69) is 18.4 Å². The molecule has 0 aromatic heterocycles. The topological polar surface area (TPSA) is 37.3 Å². The molecular formula is C11H16O2S. The third kappa shape index (κ3) is 1.97. The minimum Gasteiger partial charge on any atom is -0.481 e. The van der Waals surface area contributed by atoms with Crippen LogP contribution in [0.5, 0.6) is 0 Å². The van der Waals surface area contributed by atoms with Crippen LogP contribution in [0.1, 0.15) is 32.6 Å². The van der Waals surface area contributed by atoms with E-state index in [4.69, 9.17) is 5.11 Å². The zero-order valence-electron chi connectivity index (χ0n) is 8.40. The lowest BCUT2D eigenvalue weighted by Crippen LogP contribution is -2.29. The average Bonchev–Trinajstić information content (AvgIpc) is 2.80. The summed E-state index contributed by atoms with van der Waals surface area (Å²) in [7, 11) is 0. The molecule has 1 N–H and O–H groups in total. The Morgan fingerprint density at radius 1 is 1.64 bits per heavy atom. The number of thioether (sulfide) groups is 1. The van der Waals surface area contributed by atoms with Crippen molar-refractivity contribution in [2.45, 2.75) is 37.9 Å². The molecule has 0 aromatic rings. The molecule has 0 bridgehead atoms. The van der Waals surface area contributed by atoms with Gasteiger partial charge in [0.25, 0.3) is 0 Å². The maximum absolute atomic E-state index is 10.9. The van der Waals surface area contributed by atoms with Crippen molar-refractivity contribution in [2.75, 3.05) is 0 Å². The van der Waals surface area contributed by atoms with Gasteiger partial charge in [-0.05, 0) is 17.7 Å². The van der Waals surface area contributed by atoms with Gasteiger partial charge in [-0.1, -0.05) is 25.8 Å². The second kappa shape index (κ2) is 3.61. The lowest BCUT2D eigenvalue weighted by Gasteiger charge is -2.30. The molecule has 1 aliphatic carbocycles. The smallest absolute Gasteiger partial charge is 0.304 e. The summed E-state index contributed by atoms with van der Waals surface area (Å²) < 4.78 is 0. The summed E-state index contributed by atoms with van der Waals surface area (Å²) in [4.78, 5) is 10.9. The van der Waals surface area contributed by atoms with Gasteiger partial charge < -0.3 is 5.11 Å². The molecule has 0 spiro atoms. The van der Waals surface area contributed by atoms with Crippen molar-refractivity contribution >= 4 is 17.7 Å². The molecule has 1 heterocycles. The molecule has 0 saturated heterocycles. The molecule has 1 fully saturated rings. The van der Waals surface area contributed by atoms with Crippen molar-refractivity contribution in [3.05, 3.63) is 11.5 Å². The van der Waals surface area contributed by atoms with Crippen LogP contribution in [0.15, 0.2) is 11.5 Å². The highest BCUT2D eigenvalue weighted by Gasteiger charge is 2.43. The van der Waals surface area contributed by atoms with E-state index in [0.717, 1.165) is 12.3 Å². The first-order valence-electron chi connectivity index (χ1n) is 5.17. The number of carbonyl (C=O) groups is 1. The van der Waals surface area contributed by atoms with Gasteiger partial charge in [-0.15, -0.1) is 11.8 Å². The third-order valence-corrected chi connectivity index (χ3v) is 4.51. The Hall–Kier alpha value is -0.440. The molecule has 1 aliphatic heterocycles. The van der Waals surface area contributed by atoms with Crippen molar-refractivity contribution in [3.8, 4) is 0 Å². The molecular weight excluding hydrogens is 196 g/mol. The van der Waals surface area contributed by atoms with Crippen LogP contribution < -0.4 is 0 Å². The van der Waals surface area contributed by atoms with Crippen LogP contribution in [0.2, 0.25) is 0 Å². The Bertz CT molecular complexity index is 270. The Kier molecular flexibility index (Phi) is 2.60. The van der Waals surface area contributed by atoms with E-state index in [0.29, 0.717) is 11.7 Å². The minimum atomic E-state index is -0.662. The maximum Gasteiger partial charge on any atom is 0.304 e. The molecule has 2 nitrogen and oxygen atoms in total. The van der Waals surface area contributed by atoms with E-state index in [1.54, 1.807) is 11.8 Å². The molecule has 78 valence electrons. The number of allylic oxidation sites excluding steroid dienone is 1. The molecule has 3 heteroatoms. The van der Waals surface area contributed by atoms with Crippen LogP contribution in [-0.2, 0) is 4.79 Å². The molecule has 2 atom stereocenters. The largest absolute Gasteiger partial charge is 0.481 e. The monoisotopic (exact) mass is 212 g/mol. The zero-order valence-corrected chi connectivity index (χ0v) is 9.22. The summed E-state index contributed by atoms with van der Waals surface area (Å²) in [5.74, 6) is 0.129. The fourth-order valence-corrected chi connectivity index (χ4v) is 3.33. The predicted molar refractivity (Wildman–Crippen MR) is 58.2 cm³/mol. The minimum absolute atomic E-state index is 0.0579. The van der Waals surface area contributed by atoms with Crippen LogP contribution in [0.4, 0.5) is 0 Å². The van der Waals surface area contributed by atoms with E-state index in [1.165, 1.54) is 12.8 Å². The molecule has 0 amide bonds. The van der Waals surface area contributed by atoms with Gasteiger partial charge in [0.15, 0.2) is 0 Å². The Balaban J connectivity index is 2.09.